The van der Waals surface area contributed by atoms with Crippen LogP contribution in [0.15, 0.2) is 22.7 Å². The van der Waals surface area contributed by atoms with Gasteiger partial charge < -0.3 is 5.32 Å². The molecule has 0 saturated carbocycles. The van der Waals surface area contributed by atoms with Gasteiger partial charge in [-0.2, -0.15) is 0 Å². The predicted octanol–water partition coefficient (Wildman–Crippen LogP) is 3.19. The number of benzene rings is 1. The molecular formula is C13H16BrF3N2. The number of rotatable bonds is 4. The molecule has 1 aliphatic heterocycles. The van der Waals surface area contributed by atoms with Crippen molar-refractivity contribution in [2.45, 2.75) is 18.9 Å². The van der Waals surface area contributed by atoms with E-state index in [1.165, 1.54) is 12.1 Å². The SMILES string of the molecule is Fc1ccc(Br)c([C@H](CC(F)F)N2CCNCC2)c1. The standard InChI is InChI=1S/C13H16BrF3N2/c14-11-2-1-9(15)7-10(11)12(8-13(16)17)19-5-3-18-4-6-19/h1-2,7,12-13,18H,3-6,8H2/t12-/m0/s1. The maximum absolute atomic E-state index is 13.4. The zero-order valence-electron chi connectivity index (χ0n) is 10.4. The Labute approximate surface area is 119 Å². The van der Waals surface area contributed by atoms with Gasteiger partial charge in [-0.25, -0.2) is 13.2 Å². The first kappa shape index (κ1) is 14.8. The first-order valence-electron chi connectivity index (χ1n) is 6.26. The molecule has 2 nitrogen and oxygen atoms in total. The molecule has 0 amide bonds. The van der Waals surface area contributed by atoms with Crippen LogP contribution in [-0.4, -0.2) is 37.5 Å². The number of hydrogen-bond donors (Lipinski definition) is 1. The van der Waals surface area contributed by atoms with E-state index in [0.29, 0.717) is 23.1 Å². The van der Waals surface area contributed by atoms with Gasteiger partial charge in [0.15, 0.2) is 0 Å². The first-order valence-corrected chi connectivity index (χ1v) is 7.05. The molecule has 1 aromatic carbocycles. The number of alkyl halides is 2. The van der Waals surface area contributed by atoms with Gasteiger partial charge in [-0.05, 0) is 23.8 Å². The van der Waals surface area contributed by atoms with Gasteiger partial charge in [0, 0.05) is 43.1 Å². The highest BCUT2D eigenvalue weighted by atomic mass is 79.9. The van der Waals surface area contributed by atoms with E-state index >= 15 is 0 Å². The van der Waals surface area contributed by atoms with Crippen LogP contribution < -0.4 is 5.32 Å². The van der Waals surface area contributed by atoms with Crippen LogP contribution in [0, 0.1) is 5.82 Å². The smallest absolute Gasteiger partial charge is 0.240 e. The van der Waals surface area contributed by atoms with Crippen LogP contribution in [0.3, 0.4) is 0 Å². The van der Waals surface area contributed by atoms with Crippen LogP contribution in [0.1, 0.15) is 18.0 Å². The summed E-state index contributed by atoms with van der Waals surface area (Å²) < 4.78 is 39.7. The summed E-state index contributed by atoms with van der Waals surface area (Å²) in [5, 5.41) is 3.19. The van der Waals surface area contributed by atoms with Crippen molar-refractivity contribution in [1.82, 2.24) is 10.2 Å². The molecule has 2 rings (SSSR count). The van der Waals surface area contributed by atoms with Crippen molar-refractivity contribution in [3.63, 3.8) is 0 Å². The third-order valence-corrected chi connectivity index (χ3v) is 4.03. The third kappa shape index (κ3) is 3.94. The van der Waals surface area contributed by atoms with Crippen LogP contribution in [0.4, 0.5) is 13.2 Å². The van der Waals surface area contributed by atoms with Gasteiger partial charge in [0.25, 0.3) is 0 Å². The summed E-state index contributed by atoms with van der Waals surface area (Å²) >= 11 is 3.33. The number of nitrogens with zero attached hydrogens (tertiary/aromatic N) is 1. The van der Waals surface area contributed by atoms with Crippen LogP contribution in [-0.2, 0) is 0 Å². The molecule has 0 aliphatic carbocycles. The van der Waals surface area contributed by atoms with E-state index in [1.54, 1.807) is 6.07 Å². The first-order chi connectivity index (χ1) is 9.08. The number of piperazine rings is 1. The summed E-state index contributed by atoms with van der Waals surface area (Å²) in [6.07, 6.45) is -2.68. The molecule has 0 unspecified atom stereocenters. The van der Waals surface area contributed by atoms with E-state index in [0.717, 1.165) is 13.1 Å². The minimum absolute atomic E-state index is 0.276. The van der Waals surface area contributed by atoms with Gasteiger partial charge in [-0.3, -0.25) is 4.90 Å². The fourth-order valence-corrected chi connectivity index (χ4v) is 2.92. The Bertz CT molecular complexity index is 422. The topological polar surface area (TPSA) is 15.3 Å². The highest BCUT2D eigenvalue weighted by Crippen LogP contribution is 2.33. The van der Waals surface area contributed by atoms with Gasteiger partial charge in [-0.15, -0.1) is 0 Å². The van der Waals surface area contributed by atoms with Gasteiger partial charge in [0.05, 0.1) is 0 Å². The van der Waals surface area contributed by atoms with E-state index in [2.05, 4.69) is 21.2 Å². The van der Waals surface area contributed by atoms with Crippen molar-refractivity contribution in [2.24, 2.45) is 0 Å². The van der Waals surface area contributed by atoms with Gasteiger partial charge in [-0.1, -0.05) is 15.9 Å². The summed E-state index contributed by atoms with van der Waals surface area (Å²) in [7, 11) is 0. The van der Waals surface area contributed by atoms with Crippen LogP contribution in [0.2, 0.25) is 0 Å². The zero-order valence-corrected chi connectivity index (χ0v) is 12.0. The minimum Gasteiger partial charge on any atom is -0.314 e. The quantitative estimate of drug-likeness (QED) is 0.908. The molecule has 1 aliphatic rings. The summed E-state index contributed by atoms with van der Waals surface area (Å²) in [4.78, 5) is 1.99. The molecule has 6 heteroatoms. The number of nitrogens with one attached hydrogen (secondary N) is 1. The maximum Gasteiger partial charge on any atom is 0.240 e. The van der Waals surface area contributed by atoms with Crippen LogP contribution >= 0.6 is 15.9 Å². The third-order valence-electron chi connectivity index (χ3n) is 3.31. The molecule has 1 fully saturated rings. The van der Waals surface area contributed by atoms with Crippen LogP contribution in [0.5, 0.6) is 0 Å². The second-order valence-corrected chi connectivity index (χ2v) is 5.45. The molecule has 1 aromatic rings. The van der Waals surface area contributed by atoms with Crippen LogP contribution in [0.25, 0.3) is 0 Å². The second kappa shape index (κ2) is 6.72. The van der Waals surface area contributed by atoms with Gasteiger partial charge in [0.1, 0.15) is 5.82 Å². The molecule has 106 valence electrons. The normalized spacial score (nSPS) is 18.8. The van der Waals surface area contributed by atoms with E-state index in [-0.39, 0.29) is 6.42 Å². The lowest BCUT2D eigenvalue weighted by molar-refractivity contribution is 0.0735. The van der Waals surface area contributed by atoms with Crippen molar-refractivity contribution < 1.29 is 13.2 Å². The van der Waals surface area contributed by atoms with Crippen molar-refractivity contribution in [2.75, 3.05) is 26.2 Å². The molecule has 0 bridgehead atoms. The molecule has 1 heterocycles. The molecule has 1 saturated heterocycles. The Morgan fingerprint density at radius 1 is 1.26 bits per heavy atom. The summed E-state index contributed by atoms with van der Waals surface area (Å²) in [6, 6.07) is 3.79. The Balaban J connectivity index is 2.27. The number of halogens is 4. The highest BCUT2D eigenvalue weighted by molar-refractivity contribution is 9.10. The Kier molecular flexibility index (Phi) is 5.24. The van der Waals surface area contributed by atoms with Crippen molar-refractivity contribution >= 4 is 15.9 Å². The Morgan fingerprint density at radius 3 is 2.58 bits per heavy atom. The van der Waals surface area contributed by atoms with E-state index < -0.39 is 18.3 Å². The zero-order chi connectivity index (χ0) is 13.8. The molecule has 0 spiro atoms. The lowest BCUT2D eigenvalue weighted by Crippen LogP contribution is -2.45. The molecule has 1 atom stereocenters. The van der Waals surface area contributed by atoms with Crippen molar-refractivity contribution in [3.8, 4) is 0 Å². The Hall–Kier alpha value is -0.590. The molecule has 19 heavy (non-hydrogen) atoms. The van der Waals surface area contributed by atoms with Gasteiger partial charge >= 0.3 is 0 Å². The maximum atomic E-state index is 13.4. The summed E-state index contributed by atoms with van der Waals surface area (Å²) in [6.45, 7) is 2.93. The minimum atomic E-state index is -2.41. The predicted molar refractivity (Wildman–Crippen MR) is 71.9 cm³/mol. The molecule has 1 N–H and O–H groups in total. The second-order valence-electron chi connectivity index (χ2n) is 4.59. The van der Waals surface area contributed by atoms with E-state index in [4.69, 9.17) is 0 Å². The lowest BCUT2D eigenvalue weighted by Gasteiger charge is -2.35. The summed E-state index contributed by atoms with van der Waals surface area (Å²) in [5.74, 6) is -0.396. The average Bonchev–Trinajstić information content (AvgIpc) is 2.40. The molecule has 0 radical (unpaired) electrons. The van der Waals surface area contributed by atoms with Crippen molar-refractivity contribution in [1.29, 1.82) is 0 Å². The fourth-order valence-electron chi connectivity index (χ4n) is 2.41. The number of hydrogen-bond acceptors (Lipinski definition) is 2. The molecular weight excluding hydrogens is 321 g/mol. The van der Waals surface area contributed by atoms with Crippen molar-refractivity contribution in [3.05, 3.63) is 34.1 Å². The lowest BCUT2D eigenvalue weighted by atomic mass is 10.0. The summed E-state index contributed by atoms with van der Waals surface area (Å²) in [5.41, 5.74) is 0.599. The largest absolute Gasteiger partial charge is 0.314 e. The van der Waals surface area contributed by atoms with E-state index in [1.807, 2.05) is 4.90 Å². The van der Waals surface area contributed by atoms with Gasteiger partial charge in [0.2, 0.25) is 6.43 Å². The Morgan fingerprint density at radius 2 is 1.95 bits per heavy atom. The average molecular weight is 337 g/mol. The highest BCUT2D eigenvalue weighted by Gasteiger charge is 2.27. The fraction of sp³-hybridized carbons (Fsp3) is 0.538. The monoisotopic (exact) mass is 336 g/mol. The molecule has 0 aromatic heterocycles. The van der Waals surface area contributed by atoms with E-state index in [9.17, 15) is 13.2 Å².